The molecular formula is C18H31N5S. The predicted octanol–water partition coefficient (Wildman–Crippen LogP) is 1.48. The first-order valence-corrected chi connectivity index (χ1v) is 10.1. The van der Waals surface area contributed by atoms with E-state index >= 15 is 0 Å². The van der Waals surface area contributed by atoms with Crippen LogP contribution in [-0.4, -0.2) is 74.2 Å². The molecule has 3 aliphatic rings. The van der Waals surface area contributed by atoms with Gasteiger partial charge in [0, 0.05) is 63.3 Å². The van der Waals surface area contributed by atoms with E-state index in [2.05, 4.69) is 51.8 Å². The maximum Gasteiger partial charge on any atom is 0.191 e. The molecule has 3 saturated heterocycles. The second kappa shape index (κ2) is 8.83. The van der Waals surface area contributed by atoms with E-state index in [1.165, 1.54) is 37.6 Å². The van der Waals surface area contributed by atoms with E-state index in [4.69, 9.17) is 4.99 Å². The molecule has 3 aliphatic heterocycles. The van der Waals surface area contributed by atoms with E-state index < -0.39 is 0 Å². The van der Waals surface area contributed by atoms with Crippen molar-refractivity contribution in [3.63, 3.8) is 0 Å². The molecule has 2 bridgehead atoms. The lowest BCUT2D eigenvalue weighted by Crippen LogP contribution is -2.63. The molecule has 0 amide bonds. The Kier molecular flexibility index (Phi) is 6.51. The third-order valence-electron chi connectivity index (χ3n) is 4.93. The quantitative estimate of drug-likeness (QED) is 0.578. The van der Waals surface area contributed by atoms with Gasteiger partial charge in [-0.25, -0.2) is 0 Å². The molecule has 134 valence electrons. The van der Waals surface area contributed by atoms with Crippen molar-refractivity contribution >= 4 is 17.3 Å². The molecule has 0 aromatic carbocycles. The second-order valence-electron chi connectivity index (χ2n) is 6.98. The van der Waals surface area contributed by atoms with Gasteiger partial charge in [-0.05, 0) is 30.7 Å². The molecule has 0 spiro atoms. The summed E-state index contributed by atoms with van der Waals surface area (Å²) < 4.78 is 0. The Morgan fingerprint density at radius 2 is 2.17 bits per heavy atom. The van der Waals surface area contributed by atoms with Crippen LogP contribution in [0.2, 0.25) is 0 Å². The normalized spacial score (nSPS) is 27.9. The molecule has 4 rings (SSSR count). The number of piperazine rings is 3. The SMILES string of the molecule is CCNC(=NCC(C)Cc1cccs1)NCC1CN2CCN1CC2. The van der Waals surface area contributed by atoms with Crippen LogP contribution in [0.4, 0.5) is 0 Å². The van der Waals surface area contributed by atoms with Crippen LogP contribution in [0, 0.1) is 5.92 Å². The molecule has 0 aliphatic carbocycles. The van der Waals surface area contributed by atoms with Crippen molar-refractivity contribution in [3.05, 3.63) is 22.4 Å². The van der Waals surface area contributed by atoms with Crippen molar-refractivity contribution in [1.29, 1.82) is 0 Å². The molecule has 2 atom stereocenters. The van der Waals surface area contributed by atoms with Crippen LogP contribution in [-0.2, 0) is 6.42 Å². The molecule has 2 N–H and O–H groups in total. The number of thiophene rings is 1. The van der Waals surface area contributed by atoms with Gasteiger partial charge in [-0.3, -0.25) is 14.8 Å². The fourth-order valence-corrected chi connectivity index (χ4v) is 4.43. The van der Waals surface area contributed by atoms with Gasteiger partial charge in [-0.15, -0.1) is 11.3 Å². The molecule has 0 radical (unpaired) electrons. The van der Waals surface area contributed by atoms with E-state index in [0.717, 1.165) is 32.0 Å². The minimum absolute atomic E-state index is 0.569. The van der Waals surface area contributed by atoms with Gasteiger partial charge in [0.15, 0.2) is 5.96 Å². The van der Waals surface area contributed by atoms with Crippen LogP contribution in [0.25, 0.3) is 0 Å². The Morgan fingerprint density at radius 1 is 1.33 bits per heavy atom. The molecule has 1 aromatic rings. The Bertz CT molecular complexity index is 507. The largest absolute Gasteiger partial charge is 0.357 e. The predicted molar refractivity (Wildman–Crippen MR) is 103 cm³/mol. The Morgan fingerprint density at radius 3 is 2.79 bits per heavy atom. The average molecular weight is 350 g/mol. The third-order valence-corrected chi connectivity index (χ3v) is 5.83. The highest BCUT2D eigenvalue weighted by Gasteiger charge is 2.31. The highest BCUT2D eigenvalue weighted by atomic mass is 32.1. The first kappa shape index (κ1) is 17.7. The van der Waals surface area contributed by atoms with Gasteiger partial charge in [0.05, 0.1) is 0 Å². The average Bonchev–Trinajstić information content (AvgIpc) is 3.11. The summed E-state index contributed by atoms with van der Waals surface area (Å²) in [6, 6.07) is 4.97. The molecule has 3 fully saturated rings. The minimum atomic E-state index is 0.569. The molecule has 0 saturated carbocycles. The molecular weight excluding hydrogens is 318 g/mol. The Hall–Kier alpha value is -1.11. The van der Waals surface area contributed by atoms with Crippen LogP contribution in [0.5, 0.6) is 0 Å². The first-order chi connectivity index (χ1) is 11.7. The number of rotatable bonds is 7. The van der Waals surface area contributed by atoms with Gasteiger partial charge >= 0.3 is 0 Å². The van der Waals surface area contributed by atoms with Gasteiger partial charge in [0.25, 0.3) is 0 Å². The maximum absolute atomic E-state index is 4.81. The maximum atomic E-state index is 4.81. The van der Waals surface area contributed by atoms with Gasteiger partial charge in [-0.1, -0.05) is 13.0 Å². The summed E-state index contributed by atoms with van der Waals surface area (Å²) in [7, 11) is 0. The van der Waals surface area contributed by atoms with Crippen molar-refractivity contribution in [2.75, 3.05) is 52.4 Å². The summed E-state index contributed by atoms with van der Waals surface area (Å²) in [5, 5.41) is 9.11. The van der Waals surface area contributed by atoms with Crippen molar-refractivity contribution in [2.24, 2.45) is 10.9 Å². The Balaban J connectivity index is 1.46. The smallest absolute Gasteiger partial charge is 0.191 e. The zero-order valence-corrected chi connectivity index (χ0v) is 15.8. The van der Waals surface area contributed by atoms with Gasteiger partial charge < -0.3 is 10.6 Å². The van der Waals surface area contributed by atoms with Crippen molar-refractivity contribution in [1.82, 2.24) is 20.4 Å². The summed E-state index contributed by atoms with van der Waals surface area (Å²) in [6.45, 7) is 13.3. The summed E-state index contributed by atoms with van der Waals surface area (Å²) in [4.78, 5) is 11.5. The molecule has 5 nitrogen and oxygen atoms in total. The number of fused-ring (bicyclic) bond motifs is 3. The Labute approximate surface area is 150 Å². The molecule has 4 heterocycles. The topological polar surface area (TPSA) is 42.9 Å². The molecule has 2 unspecified atom stereocenters. The number of aliphatic imine (C=N–C) groups is 1. The zero-order valence-electron chi connectivity index (χ0n) is 15.0. The highest BCUT2D eigenvalue weighted by Crippen LogP contribution is 2.15. The fraction of sp³-hybridized carbons (Fsp3) is 0.722. The third kappa shape index (κ3) is 4.94. The van der Waals surface area contributed by atoms with E-state index in [0.29, 0.717) is 12.0 Å². The lowest BCUT2D eigenvalue weighted by atomic mass is 10.1. The fourth-order valence-electron chi connectivity index (χ4n) is 3.56. The van der Waals surface area contributed by atoms with E-state index in [1.807, 2.05) is 11.3 Å². The van der Waals surface area contributed by atoms with E-state index in [9.17, 15) is 0 Å². The molecule has 6 heteroatoms. The van der Waals surface area contributed by atoms with Crippen molar-refractivity contribution in [2.45, 2.75) is 26.3 Å². The lowest BCUT2D eigenvalue weighted by Gasteiger charge is -2.47. The van der Waals surface area contributed by atoms with Gasteiger partial charge in [-0.2, -0.15) is 0 Å². The van der Waals surface area contributed by atoms with Crippen molar-refractivity contribution in [3.8, 4) is 0 Å². The van der Waals surface area contributed by atoms with Gasteiger partial charge in [0.2, 0.25) is 0 Å². The number of nitrogens with one attached hydrogen (secondary N) is 2. The summed E-state index contributed by atoms with van der Waals surface area (Å²) >= 11 is 1.84. The van der Waals surface area contributed by atoms with Crippen LogP contribution < -0.4 is 10.6 Å². The van der Waals surface area contributed by atoms with Crippen molar-refractivity contribution < 1.29 is 0 Å². The summed E-state index contributed by atoms with van der Waals surface area (Å²) in [5.41, 5.74) is 0. The van der Waals surface area contributed by atoms with Gasteiger partial charge in [0.1, 0.15) is 0 Å². The summed E-state index contributed by atoms with van der Waals surface area (Å²) in [5.74, 6) is 1.54. The minimum Gasteiger partial charge on any atom is -0.357 e. The number of hydrogen-bond acceptors (Lipinski definition) is 4. The van der Waals surface area contributed by atoms with E-state index in [-0.39, 0.29) is 0 Å². The monoisotopic (exact) mass is 349 g/mol. The first-order valence-electron chi connectivity index (χ1n) is 9.25. The number of nitrogens with zero attached hydrogens (tertiary/aromatic N) is 3. The van der Waals surface area contributed by atoms with Crippen LogP contribution in [0.1, 0.15) is 18.7 Å². The number of hydrogen-bond donors (Lipinski definition) is 2. The highest BCUT2D eigenvalue weighted by molar-refractivity contribution is 7.09. The van der Waals surface area contributed by atoms with E-state index in [1.54, 1.807) is 0 Å². The van der Waals surface area contributed by atoms with Crippen LogP contribution in [0.3, 0.4) is 0 Å². The standard InChI is InChI=1S/C18H31N5S/c1-3-19-18(20-12-15(2)11-17-5-4-10-24-17)21-13-16-14-22-6-8-23(16)9-7-22/h4-5,10,15-16H,3,6-9,11-14H2,1-2H3,(H2,19,20,21). The molecule has 1 aromatic heterocycles. The molecule has 24 heavy (non-hydrogen) atoms. The number of guanidine groups is 1. The lowest BCUT2D eigenvalue weighted by molar-refractivity contribution is 0.0154. The van der Waals surface area contributed by atoms with Crippen LogP contribution >= 0.6 is 11.3 Å². The zero-order chi connectivity index (χ0) is 16.8. The summed E-state index contributed by atoms with van der Waals surface area (Å²) in [6.07, 6.45) is 1.12. The van der Waals surface area contributed by atoms with Crippen LogP contribution in [0.15, 0.2) is 22.5 Å². The second-order valence-corrected chi connectivity index (χ2v) is 8.01.